The molecule has 1 aliphatic rings. The first-order chi connectivity index (χ1) is 9.16. The van der Waals surface area contributed by atoms with Gasteiger partial charge in [0, 0.05) is 19.1 Å². The molecule has 0 saturated carbocycles. The van der Waals surface area contributed by atoms with Crippen LogP contribution in [0, 0.1) is 0 Å². The zero-order chi connectivity index (χ0) is 13.7. The van der Waals surface area contributed by atoms with Gasteiger partial charge in [-0.15, -0.1) is 0 Å². The highest BCUT2D eigenvalue weighted by Gasteiger charge is 2.17. The van der Waals surface area contributed by atoms with Gasteiger partial charge in [-0.3, -0.25) is 4.79 Å². The Morgan fingerprint density at radius 3 is 3.05 bits per heavy atom. The summed E-state index contributed by atoms with van der Waals surface area (Å²) in [6.45, 7) is 5.24. The Balaban J connectivity index is 1.65. The summed E-state index contributed by atoms with van der Waals surface area (Å²) < 4.78 is 5.79. The van der Waals surface area contributed by atoms with Gasteiger partial charge < -0.3 is 14.6 Å². The molecule has 106 valence electrons. The van der Waals surface area contributed by atoms with Crippen LogP contribution in [0.4, 0.5) is 0 Å². The molecule has 1 saturated heterocycles. The summed E-state index contributed by atoms with van der Waals surface area (Å²) in [5.74, 6) is 0.218. The van der Waals surface area contributed by atoms with Crippen molar-refractivity contribution in [1.29, 1.82) is 0 Å². The molecular formula is C14H21BrN2O2. The molecule has 5 heteroatoms. The molecule has 1 aliphatic heterocycles. The monoisotopic (exact) mass is 328 g/mol. The Morgan fingerprint density at radius 1 is 1.53 bits per heavy atom. The van der Waals surface area contributed by atoms with E-state index in [1.807, 2.05) is 0 Å². The lowest BCUT2D eigenvalue weighted by Crippen LogP contribution is -2.39. The summed E-state index contributed by atoms with van der Waals surface area (Å²) >= 11 is 3.19. The molecule has 0 bridgehead atoms. The van der Waals surface area contributed by atoms with E-state index in [-0.39, 0.29) is 5.91 Å². The highest BCUT2D eigenvalue weighted by Crippen LogP contribution is 2.16. The first kappa shape index (κ1) is 14.6. The molecule has 4 nitrogen and oxygen atoms in total. The predicted molar refractivity (Wildman–Crippen MR) is 78.2 cm³/mol. The van der Waals surface area contributed by atoms with Crippen LogP contribution in [0.5, 0.6) is 0 Å². The summed E-state index contributed by atoms with van der Waals surface area (Å²) in [5, 5.41) is 2.89. The van der Waals surface area contributed by atoms with Crippen molar-refractivity contribution in [3.05, 3.63) is 22.6 Å². The lowest BCUT2D eigenvalue weighted by atomic mass is 10.0. The largest absolute Gasteiger partial charge is 0.444 e. The fraction of sp³-hybridized carbons (Fsp3) is 0.643. The Morgan fingerprint density at radius 2 is 2.37 bits per heavy atom. The molecule has 19 heavy (non-hydrogen) atoms. The molecule has 0 aromatic carbocycles. The standard InChI is InChI=1S/C14H21BrN2O2/c1-11-5-2-3-9-17(11)10-4-8-16-14(18)12-6-7-13(15)19-12/h6-7,11H,2-5,8-10H2,1H3,(H,16,18). The second-order valence-electron chi connectivity index (χ2n) is 5.09. The van der Waals surface area contributed by atoms with E-state index in [1.54, 1.807) is 12.1 Å². The molecule has 0 radical (unpaired) electrons. The van der Waals surface area contributed by atoms with Crippen molar-refractivity contribution >= 4 is 21.8 Å². The highest BCUT2D eigenvalue weighted by atomic mass is 79.9. The van der Waals surface area contributed by atoms with Crippen molar-refractivity contribution in [2.24, 2.45) is 0 Å². The summed E-state index contributed by atoms with van der Waals surface area (Å²) in [7, 11) is 0. The van der Waals surface area contributed by atoms with Gasteiger partial charge >= 0.3 is 0 Å². The van der Waals surface area contributed by atoms with Gasteiger partial charge in [0.25, 0.3) is 5.91 Å². The molecule has 1 fully saturated rings. The minimum Gasteiger partial charge on any atom is -0.444 e. The van der Waals surface area contributed by atoms with E-state index in [1.165, 1.54) is 25.8 Å². The van der Waals surface area contributed by atoms with Gasteiger partial charge in [0.05, 0.1) is 0 Å². The van der Waals surface area contributed by atoms with Gasteiger partial charge in [-0.05, 0) is 60.8 Å². The number of furan rings is 1. The van der Waals surface area contributed by atoms with E-state index in [0.717, 1.165) is 13.0 Å². The highest BCUT2D eigenvalue weighted by molar-refractivity contribution is 9.10. The third-order valence-corrected chi connectivity index (χ3v) is 4.07. The number of piperidine rings is 1. The molecule has 1 atom stereocenters. The molecule has 1 unspecified atom stereocenters. The number of amides is 1. The van der Waals surface area contributed by atoms with E-state index in [2.05, 4.69) is 33.1 Å². The van der Waals surface area contributed by atoms with Crippen molar-refractivity contribution in [1.82, 2.24) is 10.2 Å². The number of carbonyl (C=O) groups excluding carboxylic acids is 1. The Bertz CT molecular complexity index is 419. The zero-order valence-electron chi connectivity index (χ0n) is 11.3. The third-order valence-electron chi connectivity index (χ3n) is 3.65. The summed E-state index contributed by atoms with van der Waals surface area (Å²) in [5.41, 5.74) is 0. The fourth-order valence-corrected chi connectivity index (χ4v) is 2.80. The third kappa shape index (κ3) is 4.35. The van der Waals surface area contributed by atoms with Gasteiger partial charge in [-0.1, -0.05) is 6.42 Å². The van der Waals surface area contributed by atoms with Crippen LogP contribution in [-0.4, -0.2) is 36.5 Å². The van der Waals surface area contributed by atoms with E-state index in [0.29, 0.717) is 23.0 Å². The Kier molecular flexibility index (Phi) is 5.45. The number of rotatable bonds is 5. The fourth-order valence-electron chi connectivity index (χ4n) is 2.50. The molecule has 1 aromatic heterocycles. The number of likely N-dealkylation sites (tertiary alicyclic amines) is 1. The smallest absolute Gasteiger partial charge is 0.287 e. The Labute approximate surface area is 122 Å². The molecule has 0 aliphatic carbocycles. The summed E-state index contributed by atoms with van der Waals surface area (Å²) in [6, 6.07) is 4.08. The molecule has 1 amide bonds. The second-order valence-corrected chi connectivity index (χ2v) is 5.88. The SMILES string of the molecule is CC1CCCCN1CCCNC(=O)c1ccc(Br)o1. The topological polar surface area (TPSA) is 45.5 Å². The molecule has 1 aromatic rings. The van der Waals surface area contributed by atoms with Crippen LogP contribution >= 0.6 is 15.9 Å². The van der Waals surface area contributed by atoms with Crippen molar-refractivity contribution in [3.63, 3.8) is 0 Å². The number of nitrogens with zero attached hydrogens (tertiary/aromatic N) is 1. The molecule has 1 N–H and O–H groups in total. The van der Waals surface area contributed by atoms with Crippen LogP contribution in [-0.2, 0) is 0 Å². The maximum Gasteiger partial charge on any atom is 0.287 e. The van der Waals surface area contributed by atoms with E-state index in [4.69, 9.17) is 4.42 Å². The van der Waals surface area contributed by atoms with Crippen molar-refractivity contribution < 1.29 is 9.21 Å². The first-order valence-electron chi connectivity index (χ1n) is 6.94. The number of carbonyl (C=O) groups is 1. The number of nitrogens with one attached hydrogen (secondary N) is 1. The van der Waals surface area contributed by atoms with E-state index in [9.17, 15) is 4.79 Å². The van der Waals surface area contributed by atoms with Crippen LogP contribution in [0.1, 0.15) is 43.2 Å². The zero-order valence-corrected chi connectivity index (χ0v) is 12.9. The molecule has 0 spiro atoms. The maximum atomic E-state index is 11.7. The average molecular weight is 329 g/mol. The predicted octanol–water partition coefficient (Wildman–Crippen LogP) is 3.04. The molecule has 2 rings (SSSR count). The summed E-state index contributed by atoms with van der Waals surface area (Å²) in [4.78, 5) is 14.2. The molecule has 2 heterocycles. The van der Waals surface area contributed by atoms with Crippen LogP contribution in [0.2, 0.25) is 0 Å². The van der Waals surface area contributed by atoms with Crippen LogP contribution in [0.25, 0.3) is 0 Å². The quantitative estimate of drug-likeness (QED) is 0.845. The van der Waals surface area contributed by atoms with E-state index < -0.39 is 0 Å². The molecular weight excluding hydrogens is 308 g/mol. The second kappa shape index (κ2) is 7.10. The van der Waals surface area contributed by atoms with Crippen molar-refractivity contribution in [2.45, 2.75) is 38.6 Å². The van der Waals surface area contributed by atoms with Crippen LogP contribution in [0.15, 0.2) is 21.2 Å². The van der Waals surface area contributed by atoms with E-state index >= 15 is 0 Å². The number of hydrogen-bond donors (Lipinski definition) is 1. The lowest BCUT2D eigenvalue weighted by Gasteiger charge is -2.33. The van der Waals surface area contributed by atoms with Gasteiger partial charge in [-0.25, -0.2) is 0 Å². The van der Waals surface area contributed by atoms with Crippen molar-refractivity contribution in [2.75, 3.05) is 19.6 Å². The van der Waals surface area contributed by atoms with Gasteiger partial charge in [-0.2, -0.15) is 0 Å². The maximum absolute atomic E-state index is 11.7. The van der Waals surface area contributed by atoms with Gasteiger partial charge in [0.2, 0.25) is 0 Å². The number of hydrogen-bond acceptors (Lipinski definition) is 3. The Hall–Kier alpha value is -0.810. The minimum absolute atomic E-state index is 0.141. The first-order valence-corrected chi connectivity index (χ1v) is 7.73. The van der Waals surface area contributed by atoms with Crippen molar-refractivity contribution in [3.8, 4) is 0 Å². The van der Waals surface area contributed by atoms with Crippen LogP contribution < -0.4 is 5.32 Å². The lowest BCUT2D eigenvalue weighted by molar-refractivity contribution is 0.0920. The van der Waals surface area contributed by atoms with Crippen LogP contribution in [0.3, 0.4) is 0 Å². The number of halogens is 1. The normalized spacial score (nSPS) is 20.4. The van der Waals surface area contributed by atoms with Gasteiger partial charge in [0.15, 0.2) is 10.4 Å². The summed E-state index contributed by atoms with van der Waals surface area (Å²) in [6.07, 6.45) is 4.93. The minimum atomic E-state index is -0.141. The average Bonchev–Trinajstić information content (AvgIpc) is 2.83. The van der Waals surface area contributed by atoms with Gasteiger partial charge in [0.1, 0.15) is 0 Å².